The fraction of sp³-hybridized carbons (Fsp3) is 0.0667. The third kappa shape index (κ3) is 4.36. The maximum Gasteiger partial charge on any atom is 0.284 e. The Morgan fingerprint density at radius 1 is 1.17 bits per heavy atom. The van der Waals surface area contributed by atoms with E-state index in [0.29, 0.717) is 10.2 Å². The minimum absolute atomic E-state index is 0.118. The summed E-state index contributed by atoms with van der Waals surface area (Å²) in [6.07, 6.45) is 0.118. The van der Waals surface area contributed by atoms with E-state index in [1.54, 1.807) is 24.3 Å². The van der Waals surface area contributed by atoms with Gasteiger partial charge in [-0.05, 0) is 45.8 Å². The highest BCUT2D eigenvalue weighted by molar-refractivity contribution is 9.10. The highest BCUT2D eigenvalue weighted by atomic mass is 79.9. The summed E-state index contributed by atoms with van der Waals surface area (Å²) in [7, 11) is 0. The van der Waals surface area contributed by atoms with Crippen molar-refractivity contribution in [3.05, 3.63) is 68.2 Å². The molecule has 2 rings (SSSR count). The minimum atomic E-state index is -0.570. The highest BCUT2D eigenvalue weighted by Crippen LogP contribution is 2.26. The van der Waals surface area contributed by atoms with Crippen LogP contribution in [0.5, 0.6) is 0 Å². The van der Waals surface area contributed by atoms with Crippen LogP contribution in [0.3, 0.4) is 0 Å². The molecular formula is C15H12BrN3O4. The molecule has 0 saturated heterocycles. The lowest BCUT2D eigenvalue weighted by molar-refractivity contribution is -0.385. The molecule has 0 saturated carbocycles. The first-order valence-electron chi connectivity index (χ1n) is 6.49. The predicted molar refractivity (Wildman–Crippen MR) is 88.1 cm³/mol. The van der Waals surface area contributed by atoms with Crippen molar-refractivity contribution in [1.82, 2.24) is 0 Å². The van der Waals surface area contributed by atoms with Crippen LogP contribution in [0.15, 0.2) is 46.9 Å². The Morgan fingerprint density at radius 2 is 1.83 bits per heavy atom. The maximum atomic E-state index is 12.1. The Bertz CT molecular complexity index is 775. The molecule has 0 aliphatic rings. The summed E-state index contributed by atoms with van der Waals surface area (Å²) in [6.45, 7) is 0. The van der Waals surface area contributed by atoms with Gasteiger partial charge in [0, 0.05) is 17.3 Å². The second kappa shape index (κ2) is 7.01. The number of nitro groups is 1. The minimum Gasteiger partial charge on any atom is -0.369 e. The molecule has 0 aliphatic carbocycles. The summed E-state index contributed by atoms with van der Waals surface area (Å²) >= 11 is 3.06. The van der Waals surface area contributed by atoms with Gasteiger partial charge < -0.3 is 11.1 Å². The summed E-state index contributed by atoms with van der Waals surface area (Å²) < 4.78 is 0.301. The quantitative estimate of drug-likeness (QED) is 0.615. The number of rotatable bonds is 5. The van der Waals surface area contributed by atoms with Crippen molar-refractivity contribution in [2.45, 2.75) is 6.42 Å². The van der Waals surface area contributed by atoms with Crippen molar-refractivity contribution >= 4 is 39.1 Å². The van der Waals surface area contributed by atoms with Crippen LogP contribution in [0.4, 0.5) is 11.4 Å². The van der Waals surface area contributed by atoms with E-state index in [9.17, 15) is 19.7 Å². The third-order valence-corrected chi connectivity index (χ3v) is 3.67. The van der Waals surface area contributed by atoms with E-state index in [1.165, 1.54) is 18.2 Å². The van der Waals surface area contributed by atoms with Crippen LogP contribution in [0.25, 0.3) is 0 Å². The molecule has 2 amide bonds. The van der Waals surface area contributed by atoms with Gasteiger partial charge in [-0.1, -0.05) is 12.1 Å². The van der Waals surface area contributed by atoms with E-state index in [4.69, 9.17) is 5.73 Å². The summed E-state index contributed by atoms with van der Waals surface area (Å²) in [6, 6.07) is 10.7. The molecule has 0 aliphatic heterocycles. The van der Waals surface area contributed by atoms with Crippen LogP contribution >= 0.6 is 15.9 Å². The van der Waals surface area contributed by atoms with Crippen LogP contribution in [-0.4, -0.2) is 16.7 Å². The zero-order chi connectivity index (χ0) is 17.0. The van der Waals surface area contributed by atoms with Crippen molar-refractivity contribution in [1.29, 1.82) is 0 Å². The number of primary amides is 1. The topological polar surface area (TPSA) is 115 Å². The number of hydrogen-bond acceptors (Lipinski definition) is 4. The van der Waals surface area contributed by atoms with Crippen LogP contribution in [-0.2, 0) is 11.2 Å². The predicted octanol–water partition coefficient (Wildman–Crippen LogP) is 2.64. The summed E-state index contributed by atoms with van der Waals surface area (Å²) in [4.78, 5) is 33.3. The molecular weight excluding hydrogens is 366 g/mol. The molecule has 0 fully saturated rings. The Hall–Kier alpha value is -2.74. The summed E-state index contributed by atoms with van der Waals surface area (Å²) in [5, 5.41) is 13.5. The molecule has 8 heteroatoms. The van der Waals surface area contributed by atoms with E-state index in [0.717, 1.165) is 5.56 Å². The SMILES string of the molecule is NC(=O)Cc1ccc(NC(=O)c2ccc(Br)c([N+](=O)[O-])c2)cc1. The average Bonchev–Trinajstić information content (AvgIpc) is 2.48. The highest BCUT2D eigenvalue weighted by Gasteiger charge is 2.16. The van der Waals surface area contributed by atoms with Gasteiger partial charge in [0.2, 0.25) is 5.91 Å². The molecule has 118 valence electrons. The van der Waals surface area contributed by atoms with Crippen LogP contribution in [0.2, 0.25) is 0 Å². The second-order valence-electron chi connectivity index (χ2n) is 4.72. The molecule has 2 aromatic carbocycles. The number of amides is 2. The van der Waals surface area contributed by atoms with Gasteiger partial charge in [0.25, 0.3) is 11.6 Å². The largest absolute Gasteiger partial charge is 0.369 e. The molecule has 0 radical (unpaired) electrons. The molecule has 23 heavy (non-hydrogen) atoms. The lowest BCUT2D eigenvalue weighted by Crippen LogP contribution is -2.14. The first-order valence-corrected chi connectivity index (χ1v) is 7.28. The third-order valence-electron chi connectivity index (χ3n) is 3.00. The van der Waals surface area contributed by atoms with Crippen LogP contribution in [0, 0.1) is 10.1 Å². The lowest BCUT2D eigenvalue weighted by atomic mass is 10.1. The Morgan fingerprint density at radius 3 is 2.39 bits per heavy atom. The zero-order valence-corrected chi connectivity index (χ0v) is 13.4. The number of nitro benzene ring substituents is 1. The van der Waals surface area contributed by atoms with E-state index < -0.39 is 16.7 Å². The molecule has 0 unspecified atom stereocenters. The number of nitrogens with zero attached hydrogens (tertiary/aromatic N) is 1. The van der Waals surface area contributed by atoms with E-state index in [-0.39, 0.29) is 17.7 Å². The number of benzene rings is 2. The molecule has 3 N–H and O–H groups in total. The van der Waals surface area contributed by atoms with E-state index in [1.807, 2.05) is 0 Å². The van der Waals surface area contributed by atoms with Gasteiger partial charge >= 0.3 is 0 Å². The second-order valence-corrected chi connectivity index (χ2v) is 5.57. The van der Waals surface area contributed by atoms with Crippen molar-refractivity contribution in [3.8, 4) is 0 Å². The molecule has 0 spiro atoms. The Kier molecular flexibility index (Phi) is 5.07. The summed E-state index contributed by atoms with van der Waals surface area (Å²) in [5.74, 6) is -0.910. The molecule has 0 heterocycles. The van der Waals surface area contributed by atoms with Gasteiger partial charge in [-0.2, -0.15) is 0 Å². The number of anilines is 1. The Balaban J connectivity index is 2.14. The van der Waals surface area contributed by atoms with Crippen molar-refractivity contribution in [2.75, 3.05) is 5.32 Å². The van der Waals surface area contributed by atoms with Gasteiger partial charge in [-0.25, -0.2) is 0 Å². The van der Waals surface area contributed by atoms with Crippen molar-refractivity contribution in [3.63, 3.8) is 0 Å². The first kappa shape index (κ1) is 16.6. The van der Waals surface area contributed by atoms with E-state index >= 15 is 0 Å². The van der Waals surface area contributed by atoms with E-state index in [2.05, 4.69) is 21.2 Å². The number of nitrogens with one attached hydrogen (secondary N) is 1. The lowest BCUT2D eigenvalue weighted by Gasteiger charge is -2.06. The van der Waals surface area contributed by atoms with Crippen LogP contribution < -0.4 is 11.1 Å². The van der Waals surface area contributed by atoms with Gasteiger partial charge in [0.1, 0.15) is 0 Å². The zero-order valence-electron chi connectivity index (χ0n) is 11.8. The monoisotopic (exact) mass is 377 g/mol. The first-order chi connectivity index (χ1) is 10.9. The molecule has 0 bridgehead atoms. The van der Waals surface area contributed by atoms with Crippen molar-refractivity contribution in [2.24, 2.45) is 5.73 Å². The van der Waals surface area contributed by atoms with Crippen LogP contribution in [0.1, 0.15) is 15.9 Å². The number of carbonyl (C=O) groups is 2. The number of halogens is 1. The maximum absolute atomic E-state index is 12.1. The van der Waals surface area contributed by atoms with Gasteiger partial charge in [0.15, 0.2) is 0 Å². The average molecular weight is 378 g/mol. The Labute approximate surface area is 139 Å². The fourth-order valence-electron chi connectivity index (χ4n) is 1.90. The summed E-state index contributed by atoms with van der Waals surface area (Å²) in [5.41, 5.74) is 6.32. The number of hydrogen-bond donors (Lipinski definition) is 2. The molecule has 0 aromatic heterocycles. The number of nitrogens with two attached hydrogens (primary N) is 1. The van der Waals surface area contributed by atoms with Crippen molar-refractivity contribution < 1.29 is 14.5 Å². The smallest absolute Gasteiger partial charge is 0.284 e. The number of carbonyl (C=O) groups excluding carboxylic acids is 2. The fourth-order valence-corrected chi connectivity index (χ4v) is 2.30. The molecule has 7 nitrogen and oxygen atoms in total. The van der Waals surface area contributed by atoms with Gasteiger partial charge in [-0.3, -0.25) is 19.7 Å². The normalized spacial score (nSPS) is 10.1. The molecule has 0 atom stereocenters. The van der Waals surface area contributed by atoms with Gasteiger partial charge in [0.05, 0.1) is 15.8 Å². The standard InChI is InChI=1S/C15H12BrN3O4/c16-12-6-3-10(8-13(12)19(22)23)15(21)18-11-4-1-9(2-5-11)7-14(17)20/h1-6,8H,7H2,(H2,17,20)(H,18,21). The molecule has 2 aromatic rings. The van der Waals surface area contributed by atoms with Gasteiger partial charge in [-0.15, -0.1) is 0 Å².